The van der Waals surface area contributed by atoms with Crippen molar-refractivity contribution < 1.29 is 0 Å². The van der Waals surface area contributed by atoms with Crippen LogP contribution in [-0.4, -0.2) is 0 Å². The van der Waals surface area contributed by atoms with E-state index in [9.17, 15) is 5.26 Å². The van der Waals surface area contributed by atoms with Gasteiger partial charge in [0.25, 0.3) is 0 Å². The molecule has 0 N–H and O–H groups in total. The van der Waals surface area contributed by atoms with Crippen LogP contribution in [0.15, 0.2) is 115 Å². The number of hydrogen-bond acceptors (Lipinski definition) is 1. The highest BCUT2D eigenvalue weighted by Crippen LogP contribution is 2.43. The molecule has 0 saturated heterocycles. The lowest BCUT2D eigenvalue weighted by Gasteiger charge is -2.18. The molecule has 0 bridgehead atoms. The molecule has 0 aliphatic heterocycles. The Labute approximate surface area is 186 Å². The van der Waals surface area contributed by atoms with Gasteiger partial charge in [0.2, 0.25) is 0 Å². The largest absolute Gasteiger partial charge is 0.192 e. The van der Waals surface area contributed by atoms with Crippen molar-refractivity contribution in [3.63, 3.8) is 0 Å². The van der Waals surface area contributed by atoms with Gasteiger partial charge >= 0.3 is 0 Å². The summed E-state index contributed by atoms with van der Waals surface area (Å²) in [4.78, 5) is 0. The van der Waals surface area contributed by atoms with E-state index in [1.165, 1.54) is 43.8 Å². The average Bonchev–Trinajstić information content (AvgIpc) is 2.87. The Balaban J connectivity index is 1.75. The first-order valence-corrected chi connectivity index (χ1v) is 10.8. The molecule has 0 saturated carbocycles. The van der Waals surface area contributed by atoms with Gasteiger partial charge in [0.05, 0.1) is 11.6 Å². The molecule has 0 aromatic heterocycles. The molecule has 0 unspecified atom stereocenters. The molecule has 1 heteroatoms. The van der Waals surface area contributed by atoms with Crippen LogP contribution in [-0.2, 0) is 0 Å². The second-order valence-corrected chi connectivity index (χ2v) is 8.10. The number of nitrogens with zero attached hydrogens (tertiary/aromatic N) is 1. The van der Waals surface area contributed by atoms with Crippen molar-refractivity contribution in [1.82, 2.24) is 0 Å². The monoisotopic (exact) mass is 405 g/mol. The third kappa shape index (κ3) is 2.86. The average molecular weight is 406 g/mol. The molecule has 6 aromatic rings. The van der Waals surface area contributed by atoms with Gasteiger partial charge in [-0.25, -0.2) is 0 Å². The summed E-state index contributed by atoms with van der Waals surface area (Å²) in [6.45, 7) is 0. The Morgan fingerprint density at radius 1 is 0.438 bits per heavy atom. The molecule has 0 amide bonds. The normalized spacial score (nSPS) is 11.1. The first-order chi connectivity index (χ1) is 15.8. The van der Waals surface area contributed by atoms with Gasteiger partial charge in [-0.2, -0.15) is 5.26 Å². The number of rotatable bonds is 2. The van der Waals surface area contributed by atoms with Gasteiger partial charge in [-0.15, -0.1) is 0 Å². The van der Waals surface area contributed by atoms with E-state index in [0.29, 0.717) is 5.56 Å². The maximum absolute atomic E-state index is 9.35. The molecular formula is C31H19N. The fraction of sp³-hybridized carbons (Fsp3) is 0. The van der Waals surface area contributed by atoms with Gasteiger partial charge in [-0.3, -0.25) is 0 Å². The Bertz CT molecular complexity index is 1610. The second-order valence-electron chi connectivity index (χ2n) is 8.10. The summed E-state index contributed by atoms with van der Waals surface area (Å²) in [7, 11) is 0. The van der Waals surface area contributed by atoms with E-state index in [2.05, 4.69) is 103 Å². The SMILES string of the molecule is N#Cc1ccc2ccc(-c3c4ccccc4c(-c4ccccc4)c4ccccc34)cc2c1. The fourth-order valence-corrected chi connectivity index (χ4v) is 4.83. The van der Waals surface area contributed by atoms with Crippen LogP contribution < -0.4 is 0 Å². The fourth-order valence-electron chi connectivity index (χ4n) is 4.83. The third-order valence-corrected chi connectivity index (χ3v) is 6.25. The smallest absolute Gasteiger partial charge is 0.0991 e. The van der Waals surface area contributed by atoms with E-state index < -0.39 is 0 Å². The lowest BCUT2D eigenvalue weighted by Crippen LogP contribution is -1.90. The molecular weight excluding hydrogens is 386 g/mol. The van der Waals surface area contributed by atoms with Crippen molar-refractivity contribution >= 4 is 32.3 Å². The zero-order valence-electron chi connectivity index (χ0n) is 17.4. The van der Waals surface area contributed by atoms with Crippen LogP contribution in [0.25, 0.3) is 54.6 Å². The minimum absolute atomic E-state index is 0.684. The van der Waals surface area contributed by atoms with E-state index in [1.54, 1.807) is 0 Å². The van der Waals surface area contributed by atoms with Crippen LogP contribution in [0.1, 0.15) is 5.56 Å². The lowest BCUT2D eigenvalue weighted by molar-refractivity contribution is 1.50. The molecule has 0 aliphatic rings. The highest BCUT2D eigenvalue weighted by Gasteiger charge is 2.16. The number of benzene rings is 6. The predicted molar refractivity (Wildman–Crippen MR) is 135 cm³/mol. The van der Waals surface area contributed by atoms with E-state index in [1.807, 2.05) is 18.2 Å². The molecule has 0 fully saturated rings. The Morgan fingerprint density at radius 3 is 1.56 bits per heavy atom. The van der Waals surface area contributed by atoms with E-state index in [4.69, 9.17) is 0 Å². The van der Waals surface area contributed by atoms with E-state index in [0.717, 1.165) is 10.8 Å². The van der Waals surface area contributed by atoms with Gasteiger partial charge in [-0.05, 0) is 72.8 Å². The van der Waals surface area contributed by atoms with Crippen LogP contribution in [0.4, 0.5) is 0 Å². The Hall–Kier alpha value is -4.41. The molecule has 1 nitrogen and oxygen atoms in total. The molecule has 0 heterocycles. The molecule has 6 aromatic carbocycles. The molecule has 0 atom stereocenters. The molecule has 6 rings (SSSR count). The van der Waals surface area contributed by atoms with Crippen molar-refractivity contribution in [2.24, 2.45) is 0 Å². The van der Waals surface area contributed by atoms with E-state index >= 15 is 0 Å². The topological polar surface area (TPSA) is 23.8 Å². The first kappa shape index (κ1) is 18.4. The van der Waals surface area contributed by atoms with Crippen molar-refractivity contribution in [2.75, 3.05) is 0 Å². The lowest BCUT2D eigenvalue weighted by atomic mass is 9.85. The zero-order chi connectivity index (χ0) is 21.5. The second kappa shape index (κ2) is 7.38. The molecule has 32 heavy (non-hydrogen) atoms. The minimum Gasteiger partial charge on any atom is -0.192 e. The summed E-state index contributed by atoms with van der Waals surface area (Å²) in [6.07, 6.45) is 0. The molecule has 148 valence electrons. The van der Waals surface area contributed by atoms with Crippen molar-refractivity contribution in [3.8, 4) is 28.3 Å². The van der Waals surface area contributed by atoms with E-state index in [-0.39, 0.29) is 0 Å². The highest BCUT2D eigenvalue weighted by molar-refractivity contribution is 6.21. The first-order valence-electron chi connectivity index (χ1n) is 10.8. The van der Waals surface area contributed by atoms with Gasteiger partial charge in [0.1, 0.15) is 0 Å². The molecule has 0 aliphatic carbocycles. The Morgan fingerprint density at radius 2 is 0.969 bits per heavy atom. The summed E-state index contributed by atoms with van der Waals surface area (Å²) in [5.41, 5.74) is 5.58. The van der Waals surface area contributed by atoms with Crippen LogP contribution in [0, 0.1) is 11.3 Å². The number of fused-ring (bicyclic) bond motifs is 3. The summed E-state index contributed by atoms with van der Waals surface area (Å²) >= 11 is 0. The van der Waals surface area contributed by atoms with Gasteiger partial charge in [0.15, 0.2) is 0 Å². The van der Waals surface area contributed by atoms with Gasteiger partial charge in [-0.1, -0.05) is 97.1 Å². The van der Waals surface area contributed by atoms with Gasteiger partial charge < -0.3 is 0 Å². The molecule has 0 spiro atoms. The minimum atomic E-state index is 0.684. The van der Waals surface area contributed by atoms with Crippen LogP contribution in [0.5, 0.6) is 0 Å². The van der Waals surface area contributed by atoms with Crippen LogP contribution in [0.2, 0.25) is 0 Å². The van der Waals surface area contributed by atoms with Crippen LogP contribution >= 0.6 is 0 Å². The predicted octanol–water partition coefficient (Wildman–Crippen LogP) is 8.35. The van der Waals surface area contributed by atoms with Crippen molar-refractivity contribution in [2.45, 2.75) is 0 Å². The summed E-state index contributed by atoms with van der Waals surface area (Å²) in [5, 5.41) is 16.6. The number of nitriles is 1. The van der Waals surface area contributed by atoms with Gasteiger partial charge in [0, 0.05) is 0 Å². The van der Waals surface area contributed by atoms with Crippen molar-refractivity contribution in [1.29, 1.82) is 5.26 Å². The van der Waals surface area contributed by atoms with Crippen molar-refractivity contribution in [3.05, 3.63) is 121 Å². The maximum atomic E-state index is 9.35. The third-order valence-electron chi connectivity index (χ3n) is 6.25. The standard InChI is InChI=1S/C31H19N/c32-20-21-14-15-22-16-17-24(19-25(22)18-21)31-28-12-6-4-10-26(28)30(23-8-2-1-3-9-23)27-11-5-7-13-29(27)31/h1-19H. The zero-order valence-corrected chi connectivity index (χ0v) is 17.4. The van der Waals surface area contributed by atoms with Crippen LogP contribution in [0.3, 0.4) is 0 Å². The Kier molecular flexibility index (Phi) is 4.23. The molecule has 0 radical (unpaired) electrons. The number of hydrogen-bond donors (Lipinski definition) is 0. The quantitative estimate of drug-likeness (QED) is 0.266. The highest BCUT2D eigenvalue weighted by atomic mass is 14.2. The summed E-state index contributed by atoms with van der Waals surface area (Å²) in [6, 6.07) is 42.7. The summed E-state index contributed by atoms with van der Waals surface area (Å²) < 4.78 is 0. The summed E-state index contributed by atoms with van der Waals surface area (Å²) in [5.74, 6) is 0. The maximum Gasteiger partial charge on any atom is 0.0991 e.